The molecule has 2 unspecified atom stereocenters. The van der Waals surface area contributed by atoms with Gasteiger partial charge in [0, 0.05) is 12.4 Å². The van der Waals surface area contributed by atoms with Crippen molar-refractivity contribution in [2.75, 3.05) is 14.2 Å². The van der Waals surface area contributed by atoms with E-state index in [4.69, 9.17) is 9.47 Å². The molecule has 29 heavy (non-hydrogen) atoms. The van der Waals surface area contributed by atoms with Crippen molar-refractivity contribution in [1.29, 1.82) is 0 Å². The van der Waals surface area contributed by atoms with Gasteiger partial charge in [0.1, 0.15) is 11.8 Å². The van der Waals surface area contributed by atoms with Crippen molar-refractivity contribution in [2.24, 2.45) is 0 Å². The fourth-order valence-electron chi connectivity index (χ4n) is 3.70. The molecule has 7 heteroatoms. The molecule has 0 spiro atoms. The van der Waals surface area contributed by atoms with Crippen molar-refractivity contribution >= 4 is 11.9 Å². The molecule has 2 heterocycles. The number of nitrogens with one attached hydrogen (secondary N) is 1. The lowest BCUT2D eigenvalue weighted by atomic mass is 10.0. The molecule has 0 bridgehead atoms. The van der Waals surface area contributed by atoms with Crippen LogP contribution in [0.2, 0.25) is 0 Å². The van der Waals surface area contributed by atoms with Crippen LogP contribution in [0.3, 0.4) is 0 Å². The summed E-state index contributed by atoms with van der Waals surface area (Å²) in [5, 5.41) is 1.88. The zero-order valence-corrected chi connectivity index (χ0v) is 16.4. The predicted octanol–water partition coefficient (Wildman–Crippen LogP) is 2.62. The average molecular weight is 393 g/mol. The normalized spacial score (nSPS) is 20.6. The van der Waals surface area contributed by atoms with Gasteiger partial charge in [-0.1, -0.05) is 24.3 Å². The van der Waals surface area contributed by atoms with E-state index in [1.165, 1.54) is 7.11 Å². The second-order valence-electron chi connectivity index (χ2n) is 7.07. The minimum absolute atomic E-state index is 0.0439. The summed E-state index contributed by atoms with van der Waals surface area (Å²) in [5.74, 6) is 0.470. The molecule has 150 valence electrons. The van der Waals surface area contributed by atoms with Crippen molar-refractivity contribution in [2.45, 2.75) is 25.0 Å². The summed E-state index contributed by atoms with van der Waals surface area (Å²) >= 11 is 0. The fraction of sp³-hybridized carbons (Fsp3) is 0.273. The van der Waals surface area contributed by atoms with Gasteiger partial charge in [0.25, 0.3) is 5.91 Å². The van der Waals surface area contributed by atoms with Crippen LogP contribution >= 0.6 is 0 Å². The van der Waals surface area contributed by atoms with Crippen molar-refractivity contribution in [3.05, 3.63) is 77.6 Å². The van der Waals surface area contributed by atoms with Gasteiger partial charge in [0.15, 0.2) is 0 Å². The highest BCUT2D eigenvalue weighted by Gasteiger charge is 2.39. The number of esters is 1. The first-order chi connectivity index (χ1) is 14.1. The molecule has 2 aromatic rings. The number of hydrogen-bond donors (Lipinski definition) is 1. The topological polar surface area (TPSA) is 71.1 Å². The molecule has 1 fully saturated rings. The van der Waals surface area contributed by atoms with Gasteiger partial charge in [0.05, 0.1) is 32.4 Å². The van der Waals surface area contributed by atoms with Crippen LogP contribution in [0.1, 0.15) is 33.9 Å². The van der Waals surface area contributed by atoms with Crippen LogP contribution in [0.5, 0.6) is 5.75 Å². The minimum atomic E-state index is -0.373. The Hall–Kier alpha value is -3.32. The largest absolute Gasteiger partial charge is 0.497 e. The highest BCUT2D eigenvalue weighted by atomic mass is 16.5. The third kappa shape index (κ3) is 3.82. The second kappa shape index (κ2) is 7.97. The molecule has 7 nitrogen and oxygen atoms in total. The van der Waals surface area contributed by atoms with Gasteiger partial charge in [-0.15, -0.1) is 0 Å². The summed E-state index contributed by atoms with van der Waals surface area (Å²) < 4.78 is 10.0. The Morgan fingerprint density at radius 2 is 1.93 bits per heavy atom. The van der Waals surface area contributed by atoms with Crippen molar-refractivity contribution in [3.63, 3.8) is 0 Å². The number of benzene rings is 2. The number of rotatable bonds is 5. The average Bonchev–Trinajstić information content (AvgIpc) is 3.21. The Balaban J connectivity index is 1.44. The molecule has 1 N–H and O–H groups in total. The van der Waals surface area contributed by atoms with E-state index in [0.29, 0.717) is 18.5 Å². The maximum Gasteiger partial charge on any atom is 0.337 e. The lowest BCUT2D eigenvalue weighted by Gasteiger charge is -2.31. The SMILES string of the molecule is COC(=O)c1ccc(CN2C=CN3NC(c4cccc(OC)c4)CC3C2=O)cc1. The van der Waals surface area contributed by atoms with Gasteiger partial charge in [-0.05, 0) is 41.8 Å². The third-order valence-electron chi connectivity index (χ3n) is 5.30. The van der Waals surface area contributed by atoms with Gasteiger partial charge in [-0.2, -0.15) is 0 Å². The van der Waals surface area contributed by atoms with E-state index in [2.05, 4.69) is 5.43 Å². The summed E-state index contributed by atoms with van der Waals surface area (Å²) in [5.41, 5.74) is 5.92. The van der Waals surface area contributed by atoms with E-state index < -0.39 is 0 Å². The molecule has 2 aliphatic rings. The zero-order chi connectivity index (χ0) is 20.4. The second-order valence-corrected chi connectivity index (χ2v) is 7.07. The number of carbonyl (C=O) groups is 2. The van der Waals surface area contributed by atoms with Gasteiger partial charge in [-0.25, -0.2) is 10.2 Å². The van der Waals surface area contributed by atoms with Crippen LogP contribution < -0.4 is 10.2 Å². The standard InChI is InChI=1S/C22H23N3O4/c1-28-18-5-3-4-17(12-18)19-13-20-21(26)24(10-11-25(20)23-19)14-15-6-8-16(9-7-15)22(27)29-2/h3-12,19-20,23H,13-14H2,1-2H3. The van der Waals surface area contributed by atoms with Gasteiger partial charge in [-0.3, -0.25) is 4.79 Å². The quantitative estimate of drug-likeness (QED) is 0.788. The third-order valence-corrected chi connectivity index (χ3v) is 5.30. The van der Waals surface area contributed by atoms with Crippen molar-refractivity contribution in [1.82, 2.24) is 15.3 Å². The van der Waals surface area contributed by atoms with Crippen LogP contribution in [0.15, 0.2) is 60.9 Å². The molecule has 2 atom stereocenters. The summed E-state index contributed by atoms with van der Waals surface area (Å²) in [6.45, 7) is 0.449. The smallest absolute Gasteiger partial charge is 0.337 e. The van der Waals surface area contributed by atoms with E-state index in [-0.39, 0.29) is 24.0 Å². The first-order valence-electron chi connectivity index (χ1n) is 9.43. The number of methoxy groups -OCH3 is 2. The molecule has 1 amide bonds. The van der Waals surface area contributed by atoms with E-state index in [1.54, 1.807) is 30.3 Å². The molecule has 2 aromatic carbocycles. The summed E-state index contributed by atoms with van der Waals surface area (Å²) in [6.07, 6.45) is 4.36. The maximum absolute atomic E-state index is 13.0. The minimum Gasteiger partial charge on any atom is -0.497 e. The van der Waals surface area contributed by atoms with E-state index >= 15 is 0 Å². The Morgan fingerprint density at radius 3 is 2.66 bits per heavy atom. The maximum atomic E-state index is 13.0. The Morgan fingerprint density at radius 1 is 1.14 bits per heavy atom. The molecule has 0 aliphatic carbocycles. The lowest BCUT2D eigenvalue weighted by Crippen LogP contribution is -2.47. The predicted molar refractivity (Wildman–Crippen MR) is 107 cm³/mol. The zero-order valence-electron chi connectivity index (χ0n) is 16.4. The molecule has 0 saturated carbocycles. The number of nitrogens with zero attached hydrogens (tertiary/aromatic N) is 2. The number of hydrogen-bond acceptors (Lipinski definition) is 6. The molecular formula is C22H23N3O4. The van der Waals surface area contributed by atoms with Crippen LogP contribution in [0, 0.1) is 0 Å². The van der Waals surface area contributed by atoms with E-state index in [9.17, 15) is 9.59 Å². The summed E-state index contributed by atoms with van der Waals surface area (Å²) in [4.78, 5) is 26.3. The summed E-state index contributed by atoms with van der Waals surface area (Å²) in [7, 11) is 3.00. The molecule has 2 aliphatic heterocycles. The Kier molecular flexibility index (Phi) is 5.22. The molecular weight excluding hydrogens is 370 g/mol. The van der Waals surface area contributed by atoms with E-state index in [0.717, 1.165) is 16.9 Å². The van der Waals surface area contributed by atoms with Crippen LogP contribution in [-0.4, -0.2) is 42.0 Å². The number of hydrazine groups is 1. The number of carbonyl (C=O) groups excluding carboxylic acids is 2. The summed E-state index contributed by atoms with van der Waals surface area (Å²) in [6, 6.07) is 14.8. The van der Waals surface area contributed by atoms with Crippen LogP contribution in [0.4, 0.5) is 0 Å². The Bertz CT molecular complexity index is 941. The van der Waals surface area contributed by atoms with Crippen molar-refractivity contribution in [3.8, 4) is 5.75 Å². The van der Waals surface area contributed by atoms with Crippen molar-refractivity contribution < 1.29 is 19.1 Å². The van der Waals surface area contributed by atoms with Crippen LogP contribution in [0.25, 0.3) is 0 Å². The van der Waals surface area contributed by atoms with Gasteiger partial charge < -0.3 is 19.4 Å². The van der Waals surface area contributed by atoms with Gasteiger partial charge in [0.2, 0.25) is 0 Å². The highest BCUT2D eigenvalue weighted by molar-refractivity contribution is 5.89. The molecule has 1 saturated heterocycles. The lowest BCUT2D eigenvalue weighted by molar-refractivity contribution is -0.134. The first-order valence-corrected chi connectivity index (χ1v) is 9.43. The fourth-order valence-corrected chi connectivity index (χ4v) is 3.70. The Labute approximate surface area is 169 Å². The monoisotopic (exact) mass is 393 g/mol. The highest BCUT2D eigenvalue weighted by Crippen LogP contribution is 2.32. The number of fused-ring (bicyclic) bond motifs is 1. The number of amides is 1. The van der Waals surface area contributed by atoms with Crippen LogP contribution in [-0.2, 0) is 16.1 Å². The molecule has 0 radical (unpaired) electrons. The molecule has 4 rings (SSSR count). The van der Waals surface area contributed by atoms with E-state index in [1.807, 2.05) is 47.6 Å². The first kappa shape index (κ1) is 19.0. The number of ether oxygens (including phenoxy) is 2. The molecule has 0 aromatic heterocycles. The van der Waals surface area contributed by atoms with Gasteiger partial charge >= 0.3 is 5.97 Å².